The molecule has 0 aliphatic carbocycles. The van der Waals surface area contributed by atoms with Gasteiger partial charge in [-0.15, -0.1) is 0 Å². The van der Waals surface area contributed by atoms with Gasteiger partial charge in [-0.1, -0.05) is 12.1 Å². The summed E-state index contributed by atoms with van der Waals surface area (Å²) in [6.45, 7) is 2.12. The molecule has 0 aromatic heterocycles. The van der Waals surface area contributed by atoms with Crippen LogP contribution in [0.15, 0.2) is 18.2 Å². The van der Waals surface area contributed by atoms with Crippen LogP contribution >= 0.6 is 0 Å². The van der Waals surface area contributed by atoms with Crippen LogP contribution in [0.1, 0.15) is 15.9 Å². The van der Waals surface area contributed by atoms with Crippen molar-refractivity contribution in [3.63, 3.8) is 0 Å². The van der Waals surface area contributed by atoms with E-state index in [1.807, 2.05) is 13.0 Å². The Morgan fingerprint density at radius 3 is 2.80 bits per heavy atom. The summed E-state index contributed by atoms with van der Waals surface area (Å²) in [5, 5.41) is 8.73. The molecular weight excluding hydrogens is 192 g/mol. The molecular formula is C11H16N2O2. The first-order valence-electron chi connectivity index (χ1n) is 4.79. The van der Waals surface area contributed by atoms with Crippen LogP contribution in [-0.2, 0) is 0 Å². The zero-order valence-electron chi connectivity index (χ0n) is 9.03. The van der Waals surface area contributed by atoms with Gasteiger partial charge in [0.2, 0.25) is 0 Å². The maximum Gasteiger partial charge on any atom is 0.255 e. The van der Waals surface area contributed by atoms with Gasteiger partial charge >= 0.3 is 0 Å². The Labute approximate surface area is 89.3 Å². The standard InChI is InChI=1S/C11H16N2O2/c1-8-4-3-5-9(10(8)12)11(15)13(2)6-7-14/h3-5,14H,6-7,12H2,1-2H3. The number of hydrogen-bond acceptors (Lipinski definition) is 3. The van der Waals surface area contributed by atoms with E-state index in [0.717, 1.165) is 5.56 Å². The average Bonchev–Trinajstić information content (AvgIpc) is 2.21. The number of aryl methyl sites for hydroxylation is 1. The molecule has 0 atom stereocenters. The van der Waals surface area contributed by atoms with E-state index < -0.39 is 0 Å². The summed E-state index contributed by atoms with van der Waals surface area (Å²) in [6.07, 6.45) is 0. The van der Waals surface area contributed by atoms with E-state index in [1.165, 1.54) is 4.90 Å². The number of aliphatic hydroxyl groups is 1. The van der Waals surface area contributed by atoms with Crippen LogP contribution in [-0.4, -0.2) is 36.1 Å². The number of hydrogen-bond donors (Lipinski definition) is 2. The fourth-order valence-corrected chi connectivity index (χ4v) is 1.32. The van der Waals surface area contributed by atoms with E-state index in [4.69, 9.17) is 10.8 Å². The predicted octanol–water partition coefficient (Wildman–Crippen LogP) is 0.642. The molecule has 0 unspecified atom stereocenters. The first kappa shape index (κ1) is 11.5. The largest absolute Gasteiger partial charge is 0.398 e. The van der Waals surface area contributed by atoms with Crippen LogP contribution in [0.5, 0.6) is 0 Å². The molecule has 4 nitrogen and oxygen atoms in total. The molecule has 1 rings (SSSR count). The van der Waals surface area contributed by atoms with Gasteiger partial charge in [0.05, 0.1) is 12.2 Å². The van der Waals surface area contributed by atoms with Gasteiger partial charge in [0.15, 0.2) is 0 Å². The summed E-state index contributed by atoms with van der Waals surface area (Å²) in [4.78, 5) is 13.3. The van der Waals surface area contributed by atoms with Gasteiger partial charge in [-0.05, 0) is 18.6 Å². The van der Waals surface area contributed by atoms with Gasteiger partial charge in [0.25, 0.3) is 5.91 Å². The minimum Gasteiger partial charge on any atom is -0.398 e. The number of nitrogens with zero attached hydrogens (tertiary/aromatic N) is 1. The number of amides is 1. The minimum atomic E-state index is -0.162. The second kappa shape index (κ2) is 4.79. The number of nitrogen functional groups attached to an aromatic ring is 1. The van der Waals surface area contributed by atoms with Crippen LogP contribution in [0.3, 0.4) is 0 Å². The number of benzene rings is 1. The van der Waals surface area contributed by atoms with E-state index in [1.54, 1.807) is 19.2 Å². The number of carbonyl (C=O) groups is 1. The second-order valence-corrected chi connectivity index (χ2v) is 3.49. The third kappa shape index (κ3) is 2.47. The lowest BCUT2D eigenvalue weighted by Crippen LogP contribution is -2.30. The lowest BCUT2D eigenvalue weighted by molar-refractivity contribution is 0.0768. The highest BCUT2D eigenvalue weighted by atomic mass is 16.3. The fourth-order valence-electron chi connectivity index (χ4n) is 1.32. The van der Waals surface area contributed by atoms with Crippen molar-refractivity contribution in [2.24, 2.45) is 0 Å². The maximum absolute atomic E-state index is 11.8. The van der Waals surface area contributed by atoms with Gasteiger partial charge < -0.3 is 15.7 Å². The van der Waals surface area contributed by atoms with Gasteiger partial charge in [0, 0.05) is 19.3 Å². The third-order valence-corrected chi connectivity index (χ3v) is 2.34. The average molecular weight is 208 g/mol. The summed E-state index contributed by atoms with van der Waals surface area (Å²) >= 11 is 0. The molecule has 1 aromatic rings. The van der Waals surface area contributed by atoms with Gasteiger partial charge in [0.1, 0.15) is 0 Å². The van der Waals surface area contributed by atoms with Gasteiger partial charge in [-0.25, -0.2) is 0 Å². The van der Waals surface area contributed by atoms with Crippen molar-refractivity contribution in [3.05, 3.63) is 29.3 Å². The third-order valence-electron chi connectivity index (χ3n) is 2.34. The van der Waals surface area contributed by atoms with E-state index in [2.05, 4.69) is 0 Å². The van der Waals surface area contributed by atoms with Crippen molar-refractivity contribution in [2.75, 3.05) is 25.9 Å². The molecule has 0 aliphatic heterocycles. The van der Waals surface area contributed by atoms with Crippen molar-refractivity contribution < 1.29 is 9.90 Å². The Morgan fingerprint density at radius 1 is 1.53 bits per heavy atom. The van der Waals surface area contributed by atoms with Crippen LogP contribution in [0, 0.1) is 6.92 Å². The zero-order chi connectivity index (χ0) is 11.4. The number of nitrogens with two attached hydrogens (primary N) is 1. The van der Waals surface area contributed by atoms with Crippen molar-refractivity contribution in [2.45, 2.75) is 6.92 Å². The molecule has 0 saturated carbocycles. The van der Waals surface area contributed by atoms with Crippen LogP contribution < -0.4 is 5.73 Å². The van der Waals surface area contributed by atoms with Crippen LogP contribution in [0.2, 0.25) is 0 Å². The molecule has 1 amide bonds. The predicted molar refractivity (Wildman–Crippen MR) is 59.6 cm³/mol. The molecule has 1 aromatic carbocycles. The minimum absolute atomic E-state index is 0.0477. The topological polar surface area (TPSA) is 66.6 Å². The lowest BCUT2D eigenvalue weighted by atomic mass is 10.1. The van der Waals surface area contributed by atoms with Crippen molar-refractivity contribution >= 4 is 11.6 Å². The lowest BCUT2D eigenvalue weighted by Gasteiger charge is -2.17. The molecule has 0 fully saturated rings. The Kier molecular flexibility index (Phi) is 3.68. The normalized spacial score (nSPS) is 10.1. The number of aliphatic hydroxyl groups excluding tert-OH is 1. The summed E-state index contributed by atoms with van der Waals surface area (Å²) in [5.74, 6) is -0.162. The van der Waals surface area contributed by atoms with Gasteiger partial charge in [-0.2, -0.15) is 0 Å². The Bertz CT molecular complexity index is 364. The first-order valence-corrected chi connectivity index (χ1v) is 4.79. The number of likely N-dealkylation sites (N-methyl/N-ethyl adjacent to an activating group) is 1. The van der Waals surface area contributed by atoms with E-state index in [-0.39, 0.29) is 12.5 Å². The first-order chi connectivity index (χ1) is 7.07. The maximum atomic E-state index is 11.8. The summed E-state index contributed by atoms with van der Waals surface area (Å²) < 4.78 is 0. The molecule has 0 radical (unpaired) electrons. The smallest absolute Gasteiger partial charge is 0.255 e. The number of anilines is 1. The SMILES string of the molecule is Cc1cccc(C(=O)N(C)CCO)c1N. The van der Waals surface area contributed by atoms with E-state index >= 15 is 0 Å². The van der Waals surface area contributed by atoms with Crippen molar-refractivity contribution in [1.29, 1.82) is 0 Å². The van der Waals surface area contributed by atoms with Crippen LogP contribution in [0.25, 0.3) is 0 Å². The fraction of sp³-hybridized carbons (Fsp3) is 0.364. The molecule has 0 aliphatic rings. The molecule has 0 heterocycles. The molecule has 0 spiro atoms. The van der Waals surface area contributed by atoms with E-state index in [0.29, 0.717) is 17.8 Å². The van der Waals surface area contributed by atoms with Crippen molar-refractivity contribution in [3.8, 4) is 0 Å². The summed E-state index contributed by atoms with van der Waals surface area (Å²) in [7, 11) is 1.64. The molecule has 0 saturated heterocycles. The summed E-state index contributed by atoms with van der Waals surface area (Å²) in [5.41, 5.74) is 7.69. The molecule has 4 heteroatoms. The van der Waals surface area contributed by atoms with Crippen LogP contribution in [0.4, 0.5) is 5.69 Å². The Hall–Kier alpha value is -1.55. The highest BCUT2D eigenvalue weighted by Crippen LogP contribution is 2.17. The number of rotatable bonds is 3. The summed E-state index contributed by atoms with van der Waals surface area (Å²) in [6, 6.07) is 5.35. The monoisotopic (exact) mass is 208 g/mol. The Morgan fingerprint density at radius 2 is 2.20 bits per heavy atom. The molecule has 82 valence electrons. The molecule has 3 N–H and O–H groups in total. The second-order valence-electron chi connectivity index (χ2n) is 3.49. The number of carbonyl (C=O) groups excluding carboxylic acids is 1. The number of para-hydroxylation sites is 1. The highest BCUT2D eigenvalue weighted by molar-refractivity contribution is 5.99. The highest BCUT2D eigenvalue weighted by Gasteiger charge is 2.14. The molecule has 15 heavy (non-hydrogen) atoms. The van der Waals surface area contributed by atoms with E-state index in [9.17, 15) is 4.79 Å². The molecule has 0 bridgehead atoms. The van der Waals surface area contributed by atoms with Gasteiger partial charge in [-0.3, -0.25) is 4.79 Å². The quantitative estimate of drug-likeness (QED) is 0.716. The zero-order valence-corrected chi connectivity index (χ0v) is 9.03. The van der Waals surface area contributed by atoms with Crippen molar-refractivity contribution in [1.82, 2.24) is 4.90 Å². The Balaban J connectivity index is 2.96.